The number of anilines is 1. The Labute approximate surface area is 237 Å². The Balaban J connectivity index is 1.32. The molecule has 1 N–H and O–H groups in total. The monoisotopic (exact) mass is 531 g/mol. The predicted molar refractivity (Wildman–Crippen MR) is 162 cm³/mol. The molecule has 5 nitrogen and oxygen atoms in total. The van der Waals surface area contributed by atoms with Gasteiger partial charge in [0.1, 0.15) is 6.04 Å². The highest BCUT2D eigenvalue weighted by atomic mass is 16.2. The van der Waals surface area contributed by atoms with E-state index in [0.717, 1.165) is 62.1 Å². The lowest BCUT2D eigenvalue weighted by Gasteiger charge is -2.31. The number of hydrogen-bond acceptors (Lipinski definition) is 3. The van der Waals surface area contributed by atoms with Crippen molar-refractivity contribution in [1.82, 2.24) is 10.2 Å². The van der Waals surface area contributed by atoms with E-state index in [2.05, 4.69) is 46.6 Å². The molecule has 1 aliphatic rings. The molecule has 0 saturated carbocycles. The van der Waals surface area contributed by atoms with Gasteiger partial charge in [0.15, 0.2) is 0 Å². The Morgan fingerprint density at radius 3 is 2.30 bits per heavy atom. The highest BCUT2D eigenvalue weighted by Gasteiger charge is 2.28. The number of amides is 2. The van der Waals surface area contributed by atoms with Crippen LogP contribution in [-0.4, -0.2) is 42.9 Å². The Hall–Kier alpha value is -4.22. The van der Waals surface area contributed by atoms with Crippen molar-refractivity contribution in [2.75, 3.05) is 24.5 Å². The summed E-state index contributed by atoms with van der Waals surface area (Å²) in [5.41, 5.74) is 6.68. The van der Waals surface area contributed by atoms with Crippen molar-refractivity contribution in [3.05, 3.63) is 126 Å². The molecule has 5 rings (SSSR count). The Morgan fingerprint density at radius 2 is 1.52 bits per heavy atom. The number of nitrogens with zero attached hydrogens (tertiary/aromatic N) is 2. The summed E-state index contributed by atoms with van der Waals surface area (Å²) in [4.78, 5) is 30.4. The van der Waals surface area contributed by atoms with E-state index in [0.29, 0.717) is 13.0 Å². The van der Waals surface area contributed by atoms with Gasteiger partial charge in [0.2, 0.25) is 12.3 Å². The fraction of sp³-hybridized carbons (Fsp3) is 0.257. The number of carbonyl (C=O) groups is 2. The first-order valence-corrected chi connectivity index (χ1v) is 14.2. The zero-order valence-electron chi connectivity index (χ0n) is 22.9. The van der Waals surface area contributed by atoms with Crippen molar-refractivity contribution in [3.8, 4) is 11.1 Å². The minimum Gasteiger partial charge on any atom is -0.354 e. The summed E-state index contributed by atoms with van der Waals surface area (Å²) < 4.78 is 0. The van der Waals surface area contributed by atoms with E-state index in [1.165, 1.54) is 16.7 Å². The smallest absolute Gasteiger partial charge is 0.243 e. The van der Waals surface area contributed by atoms with Gasteiger partial charge in [-0.2, -0.15) is 0 Å². The largest absolute Gasteiger partial charge is 0.354 e. The molecule has 1 atom stereocenters. The van der Waals surface area contributed by atoms with E-state index >= 15 is 0 Å². The first-order chi connectivity index (χ1) is 19.7. The summed E-state index contributed by atoms with van der Waals surface area (Å²) in [6, 6.07) is 36.0. The van der Waals surface area contributed by atoms with Crippen LogP contribution in [0.4, 0.5) is 5.69 Å². The van der Waals surface area contributed by atoms with Crippen LogP contribution in [0.25, 0.3) is 11.1 Å². The maximum atomic E-state index is 13.7. The second kappa shape index (κ2) is 13.7. The van der Waals surface area contributed by atoms with Gasteiger partial charge in [0.25, 0.3) is 0 Å². The first-order valence-electron chi connectivity index (χ1n) is 14.2. The summed E-state index contributed by atoms with van der Waals surface area (Å²) in [6.07, 6.45) is 4.01. The van der Waals surface area contributed by atoms with Gasteiger partial charge in [0.05, 0.1) is 5.69 Å². The Morgan fingerprint density at radius 1 is 0.850 bits per heavy atom. The Bertz CT molecular complexity index is 1390. The maximum absolute atomic E-state index is 13.7. The third kappa shape index (κ3) is 6.85. The molecule has 0 unspecified atom stereocenters. The number of fused-ring (bicyclic) bond motifs is 1. The van der Waals surface area contributed by atoms with Crippen molar-refractivity contribution in [2.45, 2.75) is 38.3 Å². The van der Waals surface area contributed by atoms with Crippen LogP contribution in [0.2, 0.25) is 0 Å². The van der Waals surface area contributed by atoms with E-state index in [1.807, 2.05) is 72.8 Å². The molecule has 40 heavy (non-hydrogen) atoms. The van der Waals surface area contributed by atoms with Crippen LogP contribution in [0, 0.1) is 0 Å². The quantitative estimate of drug-likeness (QED) is 0.232. The lowest BCUT2D eigenvalue weighted by atomic mass is 9.99. The van der Waals surface area contributed by atoms with Gasteiger partial charge in [-0.25, -0.2) is 0 Å². The van der Waals surface area contributed by atoms with E-state index in [4.69, 9.17) is 0 Å². The topological polar surface area (TPSA) is 52.7 Å². The number of nitrogens with one attached hydrogen (secondary N) is 1. The molecule has 0 bridgehead atoms. The molecule has 1 aliphatic heterocycles. The van der Waals surface area contributed by atoms with Crippen molar-refractivity contribution in [3.63, 3.8) is 0 Å². The van der Waals surface area contributed by atoms with E-state index in [1.54, 1.807) is 4.90 Å². The average Bonchev–Trinajstić information content (AvgIpc) is 3.01. The minimum atomic E-state index is -0.602. The van der Waals surface area contributed by atoms with E-state index in [-0.39, 0.29) is 5.91 Å². The molecular formula is C35H37N3O2. The highest BCUT2D eigenvalue weighted by Crippen LogP contribution is 2.32. The molecule has 0 spiro atoms. The van der Waals surface area contributed by atoms with Gasteiger partial charge in [-0.05, 0) is 60.5 Å². The van der Waals surface area contributed by atoms with Crippen LogP contribution < -0.4 is 10.2 Å². The van der Waals surface area contributed by atoms with Crippen LogP contribution in [0.15, 0.2) is 109 Å². The van der Waals surface area contributed by atoms with Crippen LogP contribution in [0.1, 0.15) is 29.5 Å². The number of para-hydroxylation sites is 1. The summed E-state index contributed by atoms with van der Waals surface area (Å²) in [7, 11) is 0. The lowest BCUT2D eigenvalue weighted by molar-refractivity contribution is -0.124. The van der Waals surface area contributed by atoms with Crippen molar-refractivity contribution in [1.29, 1.82) is 0 Å². The van der Waals surface area contributed by atoms with Gasteiger partial charge in [-0.15, -0.1) is 0 Å². The SMILES string of the molecule is O=CN(c1ccccc1-c1ccccc1)[C@@H](CCCN1CCc2ccccc2C1)C(=O)NCCc1ccccc1. The fourth-order valence-electron chi connectivity index (χ4n) is 5.60. The number of benzene rings is 4. The van der Waals surface area contributed by atoms with Gasteiger partial charge < -0.3 is 10.2 Å². The molecule has 4 aromatic carbocycles. The number of rotatable bonds is 12. The zero-order valence-corrected chi connectivity index (χ0v) is 22.9. The molecule has 0 aliphatic carbocycles. The number of carbonyl (C=O) groups excluding carboxylic acids is 2. The second-order valence-electron chi connectivity index (χ2n) is 10.4. The van der Waals surface area contributed by atoms with Crippen molar-refractivity contribution < 1.29 is 9.59 Å². The normalized spacial score (nSPS) is 13.7. The highest BCUT2D eigenvalue weighted by molar-refractivity contribution is 5.95. The standard InChI is InChI=1S/C35H37N3O2/c39-27-38(33-19-10-9-18-32(33)30-15-5-2-6-16-30)34(35(40)36-23-21-28-12-3-1-4-13-28)20-11-24-37-25-22-29-14-7-8-17-31(29)26-37/h1-10,12-19,27,34H,11,20-26H2,(H,36,40)/t34-/m0/s1. The van der Waals surface area contributed by atoms with Crippen molar-refractivity contribution in [2.24, 2.45) is 0 Å². The van der Waals surface area contributed by atoms with Gasteiger partial charge >= 0.3 is 0 Å². The second-order valence-corrected chi connectivity index (χ2v) is 10.4. The van der Waals surface area contributed by atoms with Gasteiger partial charge in [-0.1, -0.05) is 103 Å². The first kappa shape index (κ1) is 27.4. The average molecular weight is 532 g/mol. The fourth-order valence-corrected chi connectivity index (χ4v) is 5.60. The lowest BCUT2D eigenvalue weighted by Crippen LogP contribution is -2.47. The maximum Gasteiger partial charge on any atom is 0.243 e. The zero-order chi connectivity index (χ0) is 27.6. The number of hydrogen-bond donors (Lipinski definition) is 1. The van der Waals surface area contributed by atoms with Gasteiger partial charge in [0, 0.05) is 25.2 Å². The molecule has 1 heterocycles. The summed E-state index contributed by atoms with van der Waals surface area (Å²) in [6.45, 7) is 3.35. The molecule has 0 radical (unpaired) electrons. The van der Waals surface area contributed by atoms with Crippen LogP contribution in [0.3, 0.4) is 0 Å². The molecule has 0 aromatic heterocycles. The summed E-state index contributed by atoms with van der Waals surface area (Å²) in [5, 5.41) is 3.12. The molecule has 204 valence electrons. The summed E-state index contributed by atoms with van der Waals surface area (Å²) >= 11 is 0. The molecular weight excluding hydrogens is 494 g/mol. The Kier molecular flexibility index (Phi) is 9.38. The third-order valence-corrected chi connectivity index (χ3v) is 7.74. The molecule has 2 amide bonds. The predicted octanol–water partition coefficient (Wildman–Crippen LogP) is 5.88. The van der Waals surface area contributed by atoms with Crippen LogP contribution in [0.5, 0.6) is 0 Å². The van der Waals surface area contributed by atoms with Gasteiger partial charge in [-0.3, -0.25) is 14.5 Å². The van der Waals surface area contributed by atoms with Crippen LogP contribution >= 0.6 is 0 Å². The molecule has 4 aromatic rings. The third-order valence-electron chi connectivity index (χ3n) is 7.74. The van der Waals surface area contributed by atoms with E-state index < -0.39 is 6.04 Å². The van der Waals surface area contributed by atoms with E-state index in [9.17, 15) is 9.59 Å². The van der Waals surface area contributed by atoms with Crippen LogP contribution in [-0.2, 0) is 29.0 Å². The molecule has 0 fully saturated rings. The minimum absolute atomic E-state index is 0.116. The summed E-state index contributed by atoms with van der Waals surface area (Å²) in [5.74, 6) is -0.116. The molecule has 5 heteroatoms. The van der Waals surface area contributed by atoms with Crippen molar-refractivity contribution >= 4 is 18.0 Å². The molecule has 0 saturated heterocycles.